The zero-order chi connectivity index (χ0) is 20.2. The third-order valence-corrected chi connectivity index (χ3v) is 6.24. The van der Waals surface area contributed by atoms with Crippen LogP contribution in [0.25, 0.3) is 10.9 Å². The molecule has 2 aliphatic rings. The summed E-state index contributed by atoms with van der Waals surface area (Å²) in [4.78, 5) is 20.0. The molecule has 2 aromatic rings. The van der Waals surface area contributed by atoms with E-state index in [2.05, 4.69) is 15.5 Å². The molecule has 1 aromatic heterocycles. The molecule has 1 aromatic carbocycles. The van der Waals surface area contributed by atoms with Gasteiger partial charge in [0.1, 0.15) is 5.82 Å². The summed E-state index contributed by atoms with van der Waals surface area (Å²) in [6.45, 7) is 2.98. The minimum Gasteiger partial charge on any atom is -0.395 e. The first-order valence-electron chi connectivity index (χ1n) is 10.6. The highest BCUT2D eigenvalue weighted by Crippen LogP contribution is 2.29. The Hall–Kier alpha value is -1.89. The van der Waals surface area contributed by atoms with Crippen molar-refractivity contribution in [3.05, 3.63) is 34.9 Å². The van der Waals surface area contributed by atoms with Gasteiger partial charge in [-0.2, -0.15) is 0 Å². The van der Waals surface area contributed by atoms with Crippen molar-refractivity contribution in [1.29, 1.82) is 0 Å². The lowest BCUT2D eigenvalue weighted by molar-refractivity contribution is 0.0943. The summed E-state index contributed by atoms with van der Waals surface area (Å²) in [7, 11) is 0. The highest BCUT2D eigenvalue weighted by atomic mass is 35.5. The normalized spacial score (nSPS) is 18.1. The Morgan fingerprint density at radius 2 is 2.00 bits per heavy atom. The second kappa shape index (κ2) is 9.28. The van der Waals surface area contributed by atoms with E-state index < -0.39 is 0 Å². The van der Waals surface area contributed by atoms with Crippen LogP contribution in [0, 0.1) is 5.92 Å². The highest BCUT2D eigenvalue weighted by Gasteiger charge is 2.30. The molecule has 0 radical (unpaired) electrons. The molecule has 6 nitrogen and oxygen atoms in total. The van der Waals surface area contributed by atoms with Gasteiger partial charge in [0.25, 0.3) is 5.91 Å². The third kappa shape index (κ3) is 4.82. The molecule has 1 aliphatic heterocycles. The van der Waals surface area contributed by atoms with Gasteiger partial charge in [0.15, 0.2) is 0 Å². The summed E-state index contributed by atoms with van der Waals surface area (Å²) in [5.41, 5.74) is 1.44. The van der Waals surface area contributed by atoms with Crippen LogP contribution in [0.4, 0.5) is 5.82 Å². The van der Waals surface area contributed by atoms with E-state index in [4.69, 9.17) is 21.7 Å². The molecule has 4 rings (SSSR count). The van der Waals surface area contributed by atoms with Gasteiger partial charge in [-0.15, -0.1) is 0 Å². The fraction of sp³-hybridized carbons (Fsp3) is 0.545. The van der Waals surface area contributed by atoms with Gasteiger partial charge in [-0.1, -0.05) is 30.9 Å². The van der Waals surface area contributed by atoms with Crippen LogP contribution in [0.2, 0.25) is 5.02 Å². The molecular formula is C22H29ClN4O2. The molecule has 1 aliphatic carbocycles. The summed E-state index contributed by atoms with van der Waals surface area (Å²) < 4.78 is 0. The molecule has 1 amide bonds. The fourth-order valence-electron chi connectivity index (χ4n) is 4.32. The minimum absolute atomic E-state index is 0.0632. The van der Waals surface area contributed by atoms with E-state index in [0.29, 0.717) is 29.1 Å². The second-order valence-electron chi connectivity index (χ2n) is 8.19. The van der Waals surface area contributed by atoms with Crippen LogP contribution in [0.5, 0.6) is 0 Å². The number of anilines is 1. The molecular weight excluding hydrogens is 388 g/mol. The molecule has 156 valence electrons. The zero-order valence-electron chi connectivity index (χ0n) is 16.7. The monoisotopic (exact) mass is 416 g/mol. The molecule has 7 heteroatoms. The number of aliphatic hydroxyl groups excluding tert-OH is 1. The number of aromatic nitrogens is 1. The molecule has 0 spiro atoms. The van der Waals surface area contributed by atoms with Crippen LogP contribution < -0.4 is 15.5 Å². The number of carbonyl (C=O) groups excluding carboxylic acids is 1. The summed E-state index contributed by atoms with van der Waals surface area (Å²) in [6.07, 6.45) is 6.23. The van der Waals surface area contributed by atoms with Crippen molar-refractivity contribution >= 4 is 34.2 Å². The highest BCUT2D eigenvalue weighted by molar-refractivity contribution is 6.31. The lowest BCUT2D eigenvalue weighted by Crippen LogP contribution is -2.59. The fourth-order valence-corrected chi connectivity index (χ4v) is 4.50. The number of amides is 1. The van der Waals surface area contributed by atoms with Gasteiger partial charge in [0.05, 0.1) is 17.7 Å². The Morgan fingerprint density at radius 3 is 2.76 bits per heavy atom. The number of hydrogen-bond acceptors (Lipinski definition) is 5. The average Bonchev–Trinajstić information content (AvgIpc) is 2.71. The molecule has 3 N–H and O–H groups in total. The molecule has 1 saturated heterocycles. The van der Waals surface area contributed by atoms with Crippen molar-refractivity contribution in [1.82, 2.24) is 15.6 Å². The SMILES string of the molecule is O=C(NCC1CCCCC1)c1cc2cc(Cl)ccc2nc1N1CC(NCCO)C1. The number of nitrogens with one attached hydrogen (secondary N) is 2. The van der Waals surface area contributed by atoms with Crippen molar-refractivity contribution in [3.8, 4) is 0 Å². The Kier molecular flexibility index (Phi) is 6.53. The van der Waals surface area contributed by atoms with Gasteiger partial charge in [0.2, 0.25) is 0 Å². The second-order valence-corrected chi connectivity index (χ2v) is 8.63. The van der Waals surface area contributed by atoms with Crippen molar-refractivity contribution in [3.63, 3.8) is 0 Å². The number of pyridine rings is 1. The molecule has 0 atom stereocenters. The van der Waals surface area contributed by atoms with Crippen molar-refractivity contribution in [2.24, 2.45) is 5.92 Å². The van der Waals surface area contributed by atoms with Crippen molar-refractivity contribution in [2.45, 2.75) is 38.1 Å². The quantitative estimate of drug-likeness (QED) is 0.646. The lowest BCUT2D eigenvalue weighted by atomic mass is 9.89. The Labute approximate surface area is 176 Å². The van der Waals surface area contributed by atoms with Crippen LogP contribution in [-0.4, -0.2) is 54.8 Å². The van der Waals surface area contributed by atoms with Gasteiger partial charge in [-0.25, -0.2) is 4.98 Å². The molecule has 2 fully saturated rings. The van der Waals surface area contributed by atoms with Crippen LogP contribution in [0.15, 0.2) is 24.3 Å². The smallest absolute Gasteiger partial charge is 0.255 e. The number of rotatable bonds is 7. The van der Waals surface area contributed by atoms with E-state index in [9.17, 15) is 4.79 Å². The molecule has 29 heavy (non-hydrogen) atoms. The van der Waals surface area contributed by atoms with E-state index >= 15 is 0 Å². The van der Waals surface area contributed by atoms with Gasteiger partial charge < -0.3 is 20.6 Å². The van der Waals surface area contributed by atoms with Crippen LogP contribution in [-0.2, 0) is 0 Å². The average molecular weight is 417 g/mol. The Morgan fingerprint density at radius 1 is 1.21 bits per heavy atom. The number of aliphatic hydroxyl groups is 1. The van der Waals surface area contributed by atoms with Crippen molar-refractivity contribution in [2.75, 3.05) is 37.7 Å². The number of benzene rings is 1. The van der Waals surface area contributed by atoms with Gasteiger partial charge in [0, 0.05) is 42.6 Å². The molecule has 0 bridgehead atoms. The van der Waals surface area contributed by atoms with Gasteiger partial charge >= 0.3 is 0 Å². The number of halogens is 1. The van der Waals surface area contributed by atoms with E-state index in [1.54, 1.807) is 0 Å². The van der Waals surface area contributed by atoms with E-state index in [1.165, 1.54) is 32.1 Å². The van der Waals surface area contributed by atoms with Gasteiger partial charge in [-0.3, -0.25) is 4.79 Å². The first kappa shape index (κ1) is 20.4. The van der Waals surface area contributed by atoms with Crippen LogP contribution >= 0.6 is 11.6 Å². The van der Waals surface area contributed by atoms with E-state index in [-0.39, 0.29) is 12.5 Å². The minimum atomic E-state index is -0.0632. The standard InChI is InChI=1S/C22H29ClN4O2/c23-17-6-7-20-16(10-17)11-19(22(29)25-12-15-4-2-1-3-5-15)21(26-20)27-13-18(14-27)24-8-9-28/h6-7,10-11,15,18,24,28H,1-5,8-9,12-14H2,(H,25,29). The number of fused-ring (bicyclic) bond motifs is 1. The topological polar surface area (TPSA) is 77.5 Å². The maximum absolute atomic E-state index is 13.1. The third-order valence-electron chi connectivity index (χ3n) is 6.00. The first-order valence-corrected chi connectivity index (χ1v) is 11.0. The maximum Gasteiger partial charge on any atom is 0.255 e. The zero-order valence-corrected chi connectivity index (χ0v) is 17.4. The predicted octanol–water partition coefficient (Wildman–Crippen LogP) is 2.97. The summed E-state index contributed by atoms with van der Waals surface area (Å²) in [5, 5.41) is 16.9. The summed E-state index contributed by atoms with van der Waals surface area (Å²) in [6, 6.07) is 7.79. The summed E-state index contributed by atoms with van der Waals surface area (Å²) in [5.74, 6) is 1.24. The Bertz CT molecular complexity index is 863. The molecule has 2 heterocycles. The van der Waals surface area contributed by atoms with Crippen LogP contribution in [0.1, 0.15) is 42.5 Å². The van der Waals surface area contributed by atoms with Crippen molar-refractivity contribution < 1.29 is 9.90 Å². The first-order chi connectivity index (χ1) is 14.1. The van der Waals surface area contributed by atoms with Gasteiger partial charge in [-0.05, 0) is 43.0 Å². The van der Waals surface area contributed by atoms with E-state index in [1.807, 2.05) is 24.3 Å². The molecule has 0 unspecified atom stereocenters. The van der Waals surface area contributed by atoms with E-state index in [0.717, 1.165) is 36.4 Å². The number of nitrogens with zero attached hydrogens (tertiary/aromatic N) is 2. The summed E-state index contributed by atoms with van der Waals surface area (Å²) >= 11 is 6.15. The largest absolute Gasteiger partial charge is 0.395 e. The van der Waals surface area contributed by atoms with Crippen LogP contribution in [0.3, 0.4) is 0 Å². The maximum atomic E-state index is 13.1. The number of hydrogen-bond donors (Lipinski definition) is 3. The lowest BCUT2D eigenvalue weighted by Gasteiger charge is -2.41. The predicted molar refractivity (Wildman–Crippen MR) is 117 cm³/mol. The Balaban J connectivity index is 1.54. The number of carbonyl (C=O) groups is 1. The molecule has 1 saturated carbocycles.